The van der Waals surface area contributed by atoms with Crippen LogP contribution in [0.4, 0.5) is 0 Å². The summed E-state index contributed by atoms with van der Waals surface area (Å²) in [5, 5.41) is 0.268. The lowest BCUT2D eigenvalue weighted by molar-refractivity contribution is 0.233. The van der Waals surface area contributed by atoms with Crippen LogP contribution in [0.3, 0.4) is 0 Å². The summed E-state index contributed by atoms with van der Waals surface area (Å²) < 4.78 is 17.8. The number of hydrogen-bond donors (Lipinski definition) is 0. The highest BCUT2D eigenvalue weighted by atomic mass is 28.4. The van der Waals surface area contributed by atoms with Gasteiger partial charge in [0.05, 0.1) is 23.9 Å². The predicted octanol–water partition coefficient (Wildman–Crippen LogP) is 4.12. The van der Waals surface area contributed by atoms with Gasteiger partial charge in [0.2, 0.25) is 0 Å². The van der Waals surface area contributed by atoms with Crippen LogP contribution in [0.15, 0.2) is 0 Å². The van der Waals surface area contributed by atoms with Crippen LogP contribution in [0.5, 0.6) is 0 Å². The second kappa shape index (κ2) is 4.80. The molecular formula is C16H32O3Si. The van der Waals surface area contributed by atoms with Gasteiger partial charge in [0.25, 0.3) is 0 Å². The molecule has 3 nitrogen and oxygen atoms in total. The molecule has 3 atom stereocenters. The topological polar surface area (TPSA) is 34.3 Å². The lowest BCUT2D eigenvalue weighted by atomic mass is 9.97. The van der Waals surface area contributed by atoms with Crippen molar-refractivity contribution in [3.8, 4) is 0 Å². The molecule has 0 saturated carbocycles. The maximum atomic E-state index is 6.26. The van der Waals surface area contributed by atoms with Crippen LogP contribution >= 0.6 is 0 Å². The smallest absolute Gasteiger partial charge is 0.192 e. The molecule has 2 aliphatic rings. The van der Waals surface area contributed by atoms with Crippen molar-refractivity contribution in [2.45, 2.75) is 95.9 Å². The molecule has 0 bridgehead atoms. The summed E-state index contributed by atoms with van der Waals surface area (Å²) in [5.41, 5.74) is 0.114. The van der Waals surface area contributed by atoms with E-state index in [9.17, 15) is 0 Å². The van der Waals surface area contributed by atoms with E-state index < -0.39 is 8.32 Å². The minimum atomic E-state index is -1.65. The summed E-state index contributed by atoms with van der Waals surface area (Å²) >= 11 is 0. The first-order valence-corrected chi connectivity index (χ1v) is 10.8. The predicted molar refractivity (Wildman–Crippen MR) is 84.6 cm³/mol. The highest BCUT2D eigenvalue weighted by molar-refractivity contribution is 6.74. The molecule has 118 valence electrons. The zero-order valence-electron chi connectivity index (χ0n) is 14.5. The maximum absolute atomic E-state index is 6.26. The van der Waals surface area contributed by atoms with E-state index in [-0.39, 0.29) is 22.3 Å². The SMILES string of the molecule is CC1(C)OC1CCC1(C)OC1CO[Si](C)(C)C(C)(C)C. The summed E-state index contributed by atoms with van der Waals surface area (Å²) in [6.45, 7) is 18.7. The van der Waals surface area contributed by atoms with E-state index in [1.165, 1.54) is 0 Å². The standard InChI is InChI=1S/C16H32O3Si/c1-14(2,3)20(7,8)17-11-13-16(6,19-13)10-9-12-15(4,5)18-12/h12-13H,9-11H2,1-8H3. The average Bonchev–Trinajstić information content (AvgIpc) is 3.09. The Kier molecular flexibility index (Phi) is 3.95. The van der Waals surface area contributed by atoms with Gasteiger partial charge in [-0.1, -0.05) is 20.8 Å². The molecule has 2 fully saturated rings. The Hall–Kier alpha value is 0.0969. The van der Waals surface area contributed by atoms with Crippen molar-refractivity contribution in [2.24, 2.45) is 0 Å². The zero-order chi connectivity index (χ0) is 15.4. The third kappa shape index (κ3) is 3.46. The lowest BCUT2D eigenvalue weighted by Crippen LogP contribution is -2.42. The summed E-state index contributed by atoms with van der Waals surface area (Å²) in [4.78, 5) is 0. The summed E-state index contributed by atoms with van der Waals surface area (Å²) in [7, 11) is -1.65. The van der Waals surface area contributed by atoms with Crippen LogP contribution in [0.25, 0.3) is 0 Å². The van der Waals surface area contributed by atoms with Crippen LogP contribution in [0.1, 0.15) is 54.4 Å². The second-order valence-electron chi connectivity index (χ2n) is 8.74. The van der Waals surface area contributed by atoms with E-state index in [2.05, 4.69) is 54.6 Å². The van der Waals surface area contributed by atoms with Gasteiger partial charge in [-0.05, 0) is 51.7 Å². The molecule has 0 amide bonds. The molecule has 0 aromatic heterocycles. The van der Waals surface area contributed by atoms with E-state index in [1.807, 2.05) is 0 Å². The van der Waals surface area contributed by atoms with Gasteiger partial charge >= 0.3 is 0 Å². The average molecular weight is 301 g/mol. The van der Waals surface area contributed by atoms with E-state index in [4.69, 9.17) is 13.9 Å². The van der Waals surface area contributed by atoms with E-state index in [0.717, 1.165) is 19.4 Å². The third-order valence-electron chi connectivity index (χ3n) is 5.50. The van der Waals surface area contributed by atoms with Crippen LogP contribution in [-0.4, -0.2) is 38.3 Å². The van der Waals surface area contributed by atoms with Gasteiger partial charge in [-0.2, -0.15) is 0 Å². The number of ether oxygens (including phenoxy) is 2. The molecule has 3 unspecified atom stereocenters. The monoisotopic (exact) mass is 300 g/mol. The van der Waals surface area contributed by atoms with Crippen molar-refractivity contribution >= 4 is 8.32 Å². The normalized spacial score (nSPS) is 36.0. The van der Waals surface area contributed by atoms with Crippen LogP contribution in [0, 0.1) is 0 Å². The molecule has 0 spiro atoms. The molecule has 2 aliphatic heterocycles. The Labute approximate surface area is 125 Å². The summed E-state index contributed by atoms with van der Waals surface area (Å²) in [6, 6.07) is 0. The third-order valence-corrected chi connectivity index (χ3v) is 10.0. The summed E-state index contributed by atoms with van der Waals surface area (Å²) in [6.07, 6.45) is 2.87. The van der Waals surface area contributed by atoms with Crippen LogP contribution in [0.2, 0.25) is 18.1 Å². The molecular weight excluding hydrogens is 268 g/mol. The summed E-state index contributed by atoms with van der Waals surface area (Å²) in [5.74, 6) is 0. The Bertz CT molecular complexity index is 372. The van der Waals surface area contributed by atoms with Crippen molar-refractivity contribution in [1.82, 2.24) is 0 Å². The fourth-order valence-electron chi connectivity index (χ4n) is 2.38. The fraction of sp³-hybridized carbons (Fsp3) is 1.00. The van der Waals surface area contributed by atoms with Crippen molar-refractivity contribution in [3.05, 3.63) is 0 Å². The quantitative estimate of drug-likeness (QED) is 0.546. The molecule has 20 heavy (non-hydrogen) atoms. The molecule has 2 saturated heterocycles. The lowest BCUT2D eigenvalue weighted by Gasteiger charge is -2.36. The van der Waals surface area contributed by atoms with Gasteiger partial charge in [-0.25, -0.2) is 0 Å². The van der Waals surface area contributed by atoms with Gasteiger partial charge in [0.1, 0.15) is 6.10 Å². The maximum Gasteiger partial charge on any atom is 0.192 e. The first-order valence-electron chi connectivity index (χ1n) is 7.87. The minimum absolute atomic E-state index is 0.0182. The van der Waals surface area contributed by atoms with Crippen molar-refractivity contribution < 1.29 is 13.9 Å². The van der Waals surface area contributed by atoms with Gasteiger partial charge in [0, 0.05) is 0 Å². The first-order chi connectivity index (χ1) is 8.87. The number of epoxide rings is 2. The Balaban J connectivity index is 1.72. The molecule has 0 aromatic carbocycles. The largest absolute Gasteiger partial charge is 0.414 e. The highest BCUT2D eigenvalue weighted by Crippen LogP contribution is 2.46. The molecule has 2 rings (SSSR count). The van der Waals surface area contributed by atoms with Gasteiger partial charge in [-0.3, -0.25) is 0 Å². The minimum Gasteiger partial charge on any atom is -0.414 e. The molecule has 2 heterocycles. The number of rotatable bonds is 6. The van der Waals surface area contributed by atoms with Gasteiger partial charge in [0.15, 0.2) is 8.32 Å². The van der Waals surface area contributed by atoms with Gasteiger partial charge in [-0.15, -0.1) is 0 Å². The van der Waals surface area contributed by atoms with E-state index >= 15 is 0 Å². The fourth-order valence-corrected chi connectivity index (χ4v) is 3.38. The Morgan fingerprint density at radius 2 is 1.60 bits per heavy atom. The van der Waals surface area contributed by atoms with Crippen molar-refractivity contribution in [3.63, 3.8) is 0 Å². The molecule has 4 heteroatoms. The van der Waals surface area contributed by atoms with Crippen LogP contribution in [-0.2, 0) is 13.9 Å². The molecule has 0 aliphatic carbocycles. The zero-order valence-corrected chi connectivity index (χ0v) is 15.5. The first kappa shape index (κ1) is 16.5. The molecule has 0 aromatic rings. The number of hydrogen-bond acceptors (Lipinski definition) is 3. The highest BCUT2D eigenvalue weighted by Gasteiger charge is 2.55. The van der Waals surface area contributed by atoms with Crippen molar-refractivity contribution in [1.29, 1.82) is 0 Å². The Morgan fingerprint density at radius 3 is 2.05 bits per heavy atom. The van der Waals surface area contributed by atoms with Gasteiger partial charge < -0.3 is 13.9 Å². The molecule has 0 N–H and O–H groups in total. The van der Waals surface area contributed by atoms with E-state index in [0.29, 0.717) is 6.10 Å². The second-order valence-corrected chi connectivity index (χ2v) is 13.5. The Morgan fingerprint density at radius 1 is 1.05 bits per heavy atom. The van der Waals surface area contributed by atoms with Crippen molar-refractivity contribution in [2.75, 3.05) is 6.61 Å². The van der Waals surface area contributed by atoms with E-state index in [1.54, 1.807) is 0 Å². The van der Waals surface area contributed by atoms with Crippen LogP contribution < -0.4 is 0 Å². The molecule has 0 radical (unpaired) electrons.